The first-order valence-corrected chi connectivity index (χ1v) is 6.46. The van der Waals surface area contributed by atoms with Gasteiger partial charge in [-0.25, -0.2) is 0 Å². The van der Waals surface area contributed by atoms with E-state index in [2.05, 4.69) is 36.0 Å². The van der Waals surface area contributed by atoms with E-state index in [0.717, 1.165) is 19.6 Å². The molecule has 0 aliphatic carbocycles. The number of carbonyl (C=O) groups excluding carboxylic acids is 1. The third-order valence-corrected chi connectivity index (χ3v) is 4.12. The van der Waals surface area contributed by atoms with Gasteiger partial charge in [-0.15, -0.1) is 0 Å². The van der Waals surface area contributed by atoms with Crippen molar-refractivity contribution in [2.45, 2.75) is 31.8 Å². The maximum Gasteiger partial charge on any atom is 0.327 e. The molecule has 1 heterocycles. The zero-order chi connectivity index (χ0) is 14.0. The number of methoxy groups -OCH3 is 1. The zero-order valence-electron chi connectivity index (χ0n) is 12.5. The molecule has 1 aliphatic rings. The molecule has 1 atom stereocenters. The molecule has 1 N–H and O–H groups in total. The highest BCUT2D eigenvalue weighted by molar-refractivity contribution is 5.80. The van der Waals surface area contributed by atoms with Crippen LogP contribution < -0.4 is 5.32 Å². The lowest BCUT2D eigenvalue weighted by atomic mass is 9.96. The van der Waals surface area contributed by atoms with Crippen LogP contribution in [-0.4, -0.2) is 74.2 Å². The number of hydrogen-bond donors (Lipinski definition) is 1. The summed E-state index contributed by atoms with van der Waals surface area (Å²) in [5.41, 5.74) is -0.496. The highest BCUT2D eigenvalue weighted by Gasteiger charge is 2.38. The van der Waals surface area contributed by atoms with Crippen LogP contribution in [0.25, 0.3) is 0 Å². The van der Waals surface area contributed by atoms with Crippen LogP contribution >= 0.6 is 0 Å². The van der Waals surface area contributed by atoms with Gasteiger partial charge in [-0.05, 0) is 34.9 Å². The molecule has 1 unspecified atom stereocenters. The lowest BCUT2D eigenvalue weighted by molar-refractivity contribution is -0.149. The molecule has 0 bridgehead atoms. The summed E-state index contributed by atoms with van der Waals surface area (Å²) in [5.74, 6) is -0.207. The molecule has 106 valence electrons. The van der Waals surface area contributed by atoms with Crippen molar-refractivity contribution in [3.63, 3.8) is 0 Å². The first-order chi connectivity index (χ1) is 8.25. The largest absolute Gasteiger partial charge is 0.468 e. The smallest absolute Gasteiger partial charge is 0.327 e. The van der Waals surface area contributed by atoms with Crippen LogP contribution in [0.5, 0.6) is 0 Å². The number of likely N-dealkylation sites (N-methyl/N-ethyl adjacent to an activating group) is 2. The third-order valence-electron chi connectivity index (χ3n) is 4.12. The van der Waals surface area contributed by atoms with E-state index in [0.29, 0.717) is 6.54 Å². The Kier molecular flexibility index (Phi) is 4.75. The highest BCUT2D eigenvalue weighted by Crippen LogP contribution is 2.20. The summed E-state index contributed by atoms with van der Waals surface area (Å²) >= 11 is 0. The second kappa shape index (κ2) is 5.55. The van der Waals surface area contributed by atoms with E-state index in [1.165, 1.54) is 7.11 Å². The molecule has 0 amide bonds. The van der Waals surface area contributed by atoms with Crippen LogP contribution in [-0.2, 0) is 9.53 Å². The minimum Gasteiger partial charge on any atom is -0.468 e. The highest BCUT2D eigenvalue weighted by atomic mass is 16.5. The molecule has 0 radical (unpaired) electrons. The van der Waals surface area contributed by atoms with Crippen molar-refractivity contribution in [3.8, 4) is 0 Å². The summed E-state index contributed by atoms with van der Waals surface area (Å²) in [5, 5.41) is 3.09. The molecule has 1 fully saturated rings. The number of piperazine rings is 1. The molecule has 0 aromatic rings. The van der Waals surface area contributed by atoms with Gasteiger partial charge in [0.2, 0.25) is 0 Å². The molecule has 0 aromatic heterocycles. The maximum atomic E-state index is 11.8. The van der Waals surface area contributed by atoms with Crippen LogP contribution in [0.1, 0.15) is 20.8 Å². The predicted molar refractivity (Wildman–Crippen MR) is 72.6 cm³/mol. The number of carbonyl (C=O) groups is 1. The second-order valence-corrected chi connectivity index (χ2v) is 6.02. The van der Waals surface area contributed by atoms with Crippen LogP contribution in [0, 0.1) is 0 Å². The third kappa shape index (κ3) is 3.22. The molecule has 1 aliphatic heterocycles. The SMILES string of the molecule is CNC(C)(CN1CCN(C)C(C)(C)C1)C(=O)OC. The Morgan fingerprint density at radius 3 is 2.50 bits per heavy atom. The molecule has 0 aromatic carbocycles. The monoisotopic (exact) mass is 257 g/mol. The Morgan fingerprint density at radius 2 is 2.06 bits per heavy atom. The van der Waals surface area contributed by atoms with E-state index in [9.17, 15) is 4.79 Å². The first-order valence-electron chi connectivity index (χ1n) is 6.46. The first kappa shape index (κ1) is 15.4. The molecule has 0 spiro atoms. The van der Waals surface area contributed by atoms with Gasteiger partial charge in [0.05, 0.1) is 7.11 Å². The Bertz CT molecular complexity index is 307. The maximum absolute atomic E-state index is 11.8. The van der Waals surface area contributed by atoms with Crippen LogP contribution in [0.2, 0.25) is 0 Å². The molecule has 1 saturated heterocycles. The normalized spacial score (nSPS) is 24.6. The molecule has 0 saturated carbocycles. The van der Waals surface area contributed by atoms with Crippen molar-refractivity contribution < 1.29 is 9.53 Å². The fourth-order valence-electron chi connectivity index (χ4n) is 2.39. The van der Waals surface area contributed by atoms with Gasteiger partial charge in [0.1, 0.15) is 5.54 Å². The van der Waals surface area contributed by atoms with Gasteiger partial charge in [0.15, 0.2) is 0 Å². The van der Waals surface area contributed by atoms with Crippen molar-refractivity contribution in [3.05, 3.63) is 0 Å². The predicted octanol–water partition coefficient (Wildman–Crippen LogP) is 0.164. The van der Waals surface area contributed by atoms with Gasteiger partial charge in [-0.2, -0.15) is 0 Å². The average Bonchev–Trinajstić information content (AvgIpc) is 2.32. The standard InChI is InChI=1S/C13H27N3O2/c1-12(2)9-16(8-7-15(12)5)10-13(3,14-4)11(17)18-6/h14H,7-10H2,1-6H3. The van der Waals surface area contributed by atoms with Crippen molar-refractivity contribution in [1.82, 2.24) is 15.1 Å². The van der Waals surface area contributed by atoms with E-state index in [4.69, 9.17) is 4.74 Å². The Balaban J connectivity index is 2.70. The number of esters is 1. The van der Waals surface area contributed by atoms with Crippen molar-refractivity contribution in [2.24, 2.45) is 0 Å². The van der Waals surface area contributed by atoms with Crippen molar-refractivity contribution in [1.29, 1.82) is 0 Å². The topological polar surface area (TPSA) is 44.8 Å². The van der Waals surface area contributed by atoms with Gasteiger partial charge in [0.25, 0.3) is 0 Å². The van der Waals surface area contributed by atoms with Gasteiger partial charge >= 0.3 is 5.97 Å². The Morgan fingerprint density at radius 1 is 1.44 bits per heavy atom. The van der Waals surface area contributed by atoms with E-state index in [1.54, 1.807) is 7.05 Å². The summed E-state index contributed by atoms with van der Waals surface area (Å²) in [6.45, 7) is 9.99. The van der Waals surface area contributed by atoms with E-state index >= 15 is 0 Å². The lowest BCUT2D eigenvalue weighted by Crippen LogP contribution is -2.63. The minimum atomic E-state index is -0.638. The molecule has 18 heavy (non-hydrogen) atoms. The number of nitrogens with one attached hydrogen (secondary N) is 1. The van der Waals surface area contributed by atoms with Crippen molar-refractivity contribution in [2.75, 3.05) is 47.4 Å². The molecule has 1 rings (SSSR count). The summed E-state index contributed by atoms with van der Waals surface area (Å²) in [7, 11) is 5.39. The van der Waals surface area contributed by atoms with E-state index < -0.39 is 5.54 Å². The van der Waals surface area contributed by atoms with E-state index in [1.807, 2.05) is 6.92 Å². The summed E-state index contributed by atoms with van der Waals surface area (Å²) in [4.78, 5) is 16.5. The summed E-state index contributed by atoms with van der Waals surface area (Å²) < 4.78 is 4.88. The molecular weight excluding hydrogens is 230 g/mol. The number of nitrogens with zero attached hydrogens (tertiary/aromatic N) is 2. The van der Waals surface area contributed by atoms with Gasteiger partial charge in [-0.3, -0.25) is 14.6 Å². The average molecular weight is 257 g/mol. The van der Waals surface area contributed by atoms with Gasteiger partial charge in [-0.1, -0.05) is 0 Å². The molecule has 5 nitrogen and oxygen atoms in total. The van der Waals surface area contributed by atoms with Gasteiger partial charge in [0, 0.05) is 31.7 Å². The van der Waals surface area contributed by atoms with Crippen LogP contribution in [0.15, 0.2) is 0 Å². The number of hydrogen-bond acceptors (Lipinski definition) is 5. The second-order valence-electron chi connectivity index (χ2n) is 6.02. The number of rotatable bonds is 4. The minimum absolute atomic E-state index is 0.142. The lowest BCUT2D eigenvalue weighted by Gasteiger charge is -2.47. The zero-order valence-corrected chi connectivity index (χ0v) is 12.5. The fourth-order valence-corrected chi connectivity index (χ4v) is 2.39. The van der Waals surface area contributed by atoms with Gasteiger partial charge < -0.3 is 10.1 Å². The quantitative estimate of drug-likeness (QED) is 0.727. The van der Waals surface area contributed by atoms with E-state index in [-0.39, 0.29) is 11.5 Å². The summed E-state index contributed by atoms with van der Waals surface area (Å²) in [6, 6.07) is 0. The van der Waals surface area contributed by atoms with Crippen LogP contribution in [0.3, 0.4) is 0 Å². The van der Waals surface area contributed by atoms with Crippen molar-refractivity contribution >= 4 is 5.97 Å². The Hall–Kier alpha value is -0.650. The number of ether oxygens (including phenoxy) is 1. The molecular formula is C13H27N3O2. The Labute approximate surface area is 110 Å². The van der Waals surface area contributed by atoms with Crippen LogP contribution in [0.4, 0.5) is 0 Å². The fraction of sp³-hybridized carbons (Fsp3) is 0.923. The summed E-state index contributed by atoms with van der Waals surface area (Å²) in [6.07, 6.45) is 0. The molecule has 5 heteroatoms.